The molecule has 0 atom stereocenters. The lowest BCUT2D eigenvalue weighted by molar-refractivity contribution is 0.142. The van der Waals surface area contributed by atoms with Gasteiger partial charge in [-0.2, -0.15) is 10.1 Å². The third kappa shape index (κ3) is 4.47. The maximum atomic E-state index is 5.89. The van der Waals surface area contributed by atoms with Gasteiger partial charge in [0.05, 0.1) is 19.9 Å². The van der Waals surface area contributed by atoms with Crippen LogP contribution in [0.3, 0.4) is 0 Å². The second-order valence-electron chi connectivity index (χ2n) is 7.87. The van der Waals surface area contributed by atoms with Gasteiger partial charge in [0.2, 0.25) is 5.95 Å². The third-order valence-electron chi connectivity index (χ3n) is 5.33. The lowest BCUT2D eigenvalue weighted by atomic mass is 10.1. The number of nitrogens with one attached hydrogen (secondary N) is 1. The molecule has 160 valence electrons. The molecule has 1 aromatic carbocycles. The number of nitrogens with zero attached hydrogens (tertiary/aromatic N) is 5. The normalized spacial score (nSPS) is 14.8. The number of hydrogen-bond donors (Lipinski definition) is 3. The molecule has 9 nitrogen and oxygen atoms in total. The number of unbranched alkanes of at least 4 members (excludes halogenated alkanes) is 1. The number of nitrogens with two attached hydrogens (primary N) is 2. The summed E-state index contributed by atoms with van der Waals surface area (Å²) in [6, 6.07) is 6.64. The first-order valence-electron chi connectivity index (χ1n) is 10.4. The molecule has 4 rings (SSSR count). The smallest absolute Gasteiger partial charge is 0.222 e. The van der Waals surface area contributed by atoms with E-state index in [0.29, 0.717) is 18.4 Å². The van der Waals surface area contributed by atoms with E-state index in [4.69, 9.17) is 21.3 Å². The van der Waals surface area contributed by atoms with Crippen LogP contribution in [-0.2, 0) is 13.1 Å². The number of anilines is 2. The molecule has 0 saturated carbocycles. The minimum atomic E-state index is 0.244. The quantitative estimate of drug-likeness (QED) is 0.457. The number of ether oxygens (including phenoxy) is 1. The van der Waals surface area contributed by atoms with Gasteiger partial charge in [-0.1, -0.05) is 25.5 Å². The number of nitrogen functional groups attached to an aromatic ring is 1. The molecule has 1 saturated heterocycles. The Kier molecular flexibility index (Phi) is 6.01. The molecule has 0 amide bonds. The summed E-state index contributed by atoms with van der Waals surface area (Å²) in [6.07, 6.45) is 4.05. The van der Waals surface area contributed by atoms with Crippen LogP contribution in [0, 0.1) is 0 Å². The molecule has 5 N–H and O–H groups in total. The van der Waals surface area contributed by atoms with E-state index in [1.54, 1.807) is 7.11 Å². The number of aromatic nitrogens is 4. The Hall–Kier alpha value is -2.91. The first-order valence-corrected chi connectivity index (χ1v) is 10.4. The summed E-state index contributed by atoms with van der Waals surface area (Å²) >= 11 is 0. The van der Waals surface area contributed by atoms with Crippen molar-refractivity contribution in [1.29, 1.82) is 0 Å². The molecular weight excluding hydrogens is 380 g/mol. The van der Waals surface area contributed by atoms with Crippen LogP contribution >= 0.6 is 0 Å². The van der Waals surface area contributed by atoms with Crippen LogP contribution in [0.5, 0.6) is 5.75 Å². The highest BCUT2D eigenvalue weighted by Gasteiger charge is 2.23. The van der Waals surface area contributed by atoms with Gasteiger partial charge in [-0.05, 0) is 18.1 Å². The van der Waals surface area contributed by atoms with E-state index >= 15 is 0 Å². The summed E-state index contributed by atoms with van der Waals surface area (Å²) < 4.78 is 7.51. The van der Waals surface area contributed by atoms with E-state index in [9.17, 15) is 0 Å². The van der Waals surface area contributed by atoms with Crippen molar-refractivity contribution >= 4 is 22.8 Å². The van der Waals surface area contributed by atoms with Gasteiger partial charge in [0.15, 0.2) is 11.3 Å². The first kappa shape index (κ1) is 20.4. The molecule has 3 heterocycles. The van der Waals surface area contributed by atoms with Gasteiger partial charge in [0.25, 0.3) is 0 Å². The van der Waals surface area contributed by atoms with E-state index in [2.05, 4.69) is 45.3 Å². The largest absolute Gasteiger partial charge is 0.496 e. The summed E-state index contributed by atoms with van der Waals surface area (Å²) in [7, 11) is 1.70. The molecule has 1 aliphatic heterocycles. The maximum absolute atomic E-state index is 5.89. The average Bonchev–Trinajstić information content (AvgIpc) is 3.10. The van der Waals surface area contributed by atoms with E-state index in [1.165, 1.54) is 5.56 Å². The van der Waals surface area contributed by atoms with Crippen molar-refractivity contribution in [2.75, 3.05) is 37.8 Å². The van der Waals surface area contributed by atoms with Gasteiger partial charge in [-0.25, -0.2) is 4.98 Å². The van der Waals surface area contributed by atoms with Crippen LogP contribution in [0.25, 0.3) is 11.0 Å². The fraction of sp³-hybridized carbons (Fsp3) is 0.476. The van der Waals surface area contributed by atoms with Crippen LogP contribution in [0.15, 0.2) is 24.4 Å². The maximum Gasteiger partial charge on any atom is 0.222 e. The van der Waals surface area contributed by atoms with Crippen molar-refractivity contribution in [3.63, 3.8) is 0 Å². The fourth-order valence-corrected chi connectivity index (χ4v) is 3.75. The highest BCUT2D eigenvalue weighted by atomic mass is 16.5. The predicted molar refractivity (Wildman–Crippen MR) is 118 cm³/mol. The molecule has 0 aliphatic carbocycles. The van der Waals surface area contributed by atoms with Crippen LogP contribution in [-0.4, -0.2) is 57.4 Å². The predicted octanol–water partition coefficient (Wildman–Crippen LogP) is 1.82. The lowest BCUT2D eigenvalue weighted by Gasteiger charge is -2.36. The standard InChI is InChI=1S/C21H30N8O/c1-3-4-7-24-20-19-17(25-21(23)26-20)13-29(27-19)10-15-6-5-14(8-18(15)30-2)9-28-11-16(22)12-28/h5-6,8,13,16H,3-4,7,9-12,22H2,1-2H3,(H3,23,24,25,26). The minimum Gasteiger partial charge on any atom is -0.496 e. The Balaban J connectivity index is 1.53. The highest BCUT2D eigenvalue weighted by Crippen LogP contribution is 2.25. The Morgan fingerprint density at radius 3 is 2.80 bits per heavy atom. The number of fused-ring (bicyclic) bond motifs is 1. The average molecular weight is 411 g/mol. The zero-order chi connectivity index (χ0) is 21.1. The summed E-state index contributed by atoms with van der Waals surface area (Å²) in [6.45, 7) is 6.33. The first-order chi connectivity index (χ1) is 14.6. The lowest BCUT2D eigenvalue weighted by Crippen LogP contribution is -2.54. The van der Waals surface area contributed by atoms with E-state index in [1.807, 2.05) is 10.9 Å². The van der Waals surface area contributed by atoms with Crippen LogP contribution in [0.2, 0.25) is 0 Å². The molecule has 1 aliphatic rings. The monoisotopic (exact) mass is 410 g/mol. The van der Waals surface area contributed by atoms with Gasteiger partial charge in [0, 0.05) is 37.8 Å². The Morgan fingerprint density at radius 2 is 2.07 bits per heavy atom. The second-order valence-corrected chi connectivity index (χ2v) is 7.87. The topological polar surface area (TPSA) is 120 Å². The van der Waals surface area contributed by atoms with Crippen LogP contribution in [0.4, 0.5) is 11.8 Å². The SMILES string of the molecule is CCCCNc1nc(N)nc2cn(Cc3ccc(CN4CC(N)C4)cc3OC)nc12. The number of benzene rings is 1. The van der Waals surface area contributed by atoms with Crippen LogP contribution in [0.1, 0.15) is 30.9 Å². The Morgan fingerprint density at radius 1 is 1.23 bits per heavy atom. The molecule has 0 spiro atoms. The summed E-state index contributed by atoms with van der Waals surface area (Å²) in [5.74, 6) is 1.78. The molecule has 1 fully saturated rings. The van der Waals surface area contributed by atoms with Gasteiger partial charge in [0.1, 0.15) is 11.3 Å². The number of likely N-dealkylation sites (tertiary alicyclic amines) is 1. The van der Waals surface area contributed by atoms with E-state index in [0.717, 1.165) is 61.4 Å². The number of rotatable bonds is 9. The Labute approximate surface area is 176 Å². The summed E-state index contributed by atoms with van der Waals surface area (Å²) in [4.78, 5) is 11.0. The van der Waals surface area contributed by atoms with E-state index in [-0.39, 0.29) is 5.95 Å². The zero-order valence-electron chi connectivity index (χ0n) is 17.6. The van der Waals surface area contributed by atoms with Crippen molar-refractivity contribution in [3.05, 3.63) is 35.5 Å². The Bertz CT molecular complexity index is 1010. The van der Waals surface area contributed by atoms with Crippen LogP contribution < -0.4 is 21.5 Å². The molecule has 9 heteroatoms. The zero-order valence-corrected chi connectivity index (χ0v) is 17.6. The van der Waals surface area contributed by atoms with Gasteiger partial charge in [-0.15, -0.1) is 0 Å². The molecule has 2 aromatic heterocycles. The van der Waals surface area contributed by atoms with Crippen molar-refractivity contribution < 1.29 is 4.74 Å². The molecule has 0 unspecified atom stereocenters. The summed E-state index contributed by atoms with van der Waals surface area (Å²) in [5.41, 5.74) is 15.5. The molecule has 30 heavy (non-hydrogen) atoms. The molecular formula is C21H30N8O. The third-order valence-corrected chi connectivity index (χ3v) is 5.33. The van der Waals surface area contributed by atoms with Crippen molar-refractivity contribution in [3.8, 4) is 5.75 Å². The highest BCUT2D eigenvalue weighted by molar-refractivity contribution is 5.85. The van der Waals surface area contributed by atoms with Crippen molar-refractivity contribution in [2.45, 2.75) is 38.9 Å². The molecule has 0 bridgehead atoms. The molecule has 3 aromatic rings. The van der Waals surface area contributed by atoms with Crippen molar-refractivity contribution in [2.24, 2.45) is 5.73 Å². The van der Waals surface area contributed by atoms with Gasteiger partial charge in [-0.3, -0.25) is 9.58 Å². The minimum absolute atomic E-state index is 0.244. The van der Waals surface area contributed by atoms with E-state index < -0.39 is 0 Å². The summed E-state index contributed by atoms with van der Waals surface area (Å²) in [5, 5.41) is 8.02. The van der Waals surface area contributed by atoms with Gasteiger partial charge < -0.3 is 21.5 Å². The van der Waals surface area contributed by atoms with Gasteiger partial charge >= 0.3 is 0 Å². The number of methoxy groups -OCH3 is 1. The molecule has 0 radical (unpaired) electrons. The number of hydrogen-bond acceptors (Lipinski definition) is 8. The fourth-order valence-electron chi connectivity index (χ4n) is 3.75. The second kappa shape index (κ2) is 8.85. The van der Waals surface area contributed by atoms with Crippen molar-refractivity contribution in [1.82, 2.24) is 24.6 Å².